The first-order valence-corrected chi connectivity index (χ1v) is 5.48. The number of carboxylic acid groups (broad SMARTS) is 1. The maximum absolute atomic E-state index is 11.2. The molecule has 0 spiro atoms. The fraction of sp³-hybridized carbons (Fsp3) is 0.167. The highest BCUT2D eigenvalue weighted by Crippen LogP contribution is 2.23. The van der Waals surface area contributed by atoms with E-state index in [0.717, 1.165) is 5.69 Å². The Labute approximate surface area is 108 Å². The highest BCUT2D eigenvalue weighted by molar-refractivity contribution is 5.94. The molecule has 0 fully saturated rings. The predicted molar refractivity (Wildman–Crippen MR) is 66.1 cm³/mol. The Kier molecular flexibility index (Phi) is 3.28. The van der Waals surface area contributed by atoms with E-state index in [1.165, 1.54) is 12.1 Å². The third kappa shape index (κ3) is 2.44. The van der Waals surface area contributed by atoms with E-state index < -0.39 is 16.6 Å². The molecule has 2 aromatic rings. The molecule has 2 rings (SSSR count). The molecule has 0 unspecified atom stereocenters. The van der Waals surface area contributed by atoms with Crippen LogP contribution in [0.15, 0.2) is 30.5 Å². The highest BCUT2D eigenvalue weighted by atomic mass is 16.6. The number of hydrogen-bond donors (Lipinski definition) is 1. The number of benzene rings is 1. The lowest BCUT2D eigenvalue weighted by atomic mass is 10.1. The third-order valence-corrected chi connectivity index (χ3v) is 2.79. The number of aromatic carboxylic acids is 1. The van der Waals surface area contributed by atoms with Crippen molar-refractivity contribution in [1.29, 1.82) is 0 Å². The molecular weight excluding hydrogens is 250 g/mol. The van der Waals surface area contributed by atoms with Gasteiger partial charge in [-0.1, -0.05) is 12.1 Å². The van der Waals surface area contributed by atoms with Crippen LogP contribution in [0.4, 0.5) is 5.69 Å². The number of hydrogen-bond acceptors (Lipinski definition) is 4. The minimum atomic E-state index is -1.31. The van der Waals surface area contributed by atoms with Gasteiger partial charge in [-0.3, -0.25) is 14.8 Å². The van der Waals surface area contributed by atoms with Crippen molar-refractivity contribution in [3.8, 4) is 0 Å². The number of nitrogens with zero attached hydrogens (tertiary/aromatic N) is 3. The van der Waals surface area contributed by atoms with Crippen LogP contribution in [0.2, 0.25) is 0 Å². The van der Waals surface area contributed by atoms with Gasteiger partial charge < -0.3 is 5.11 Å². The molecule has 0 amide bonds. The summed E-state index contributed by atoms with van der Waals surface area (Å²) in [6, 6.07) is 5.98. The minimum absolute atomic E-state index is 0.183. The predicted octanol–water partition coefficient (Wildman–Crippen LogP) is 1.85. The Morgan fingerprint density at radius 1 is 1.47 bits per heavy atom. The van der Waals surface area contributed by atoms with Gasteiger partial charge in [0.05, 0.1) is 11.5 Å². The molecule has 7 nitrogen and oxygen atoms in total. The summed E-state index contributed by atoms with van der Waals surface area (Å²) in [5.74, 6) is -1.31. The summed E-state index contributed by atoms with van der Waals surface area (Å²) in [5.41, 5.74) is 0.508. The highest BCUT2D eigenvalue weighted by Gasteiger charge is 2.23. The van der Waals surface area contributed by atoms with Gasteiger partial charge in [0.1, 0.15) is 5.56 Å². The molecule has 0 radical (unpaired) electrons. The van der Waals surface area contributed by atoms with E-state index in [4.69, 9.17) is 5.11 Å². The molecule has 0 saturated heterocycles. The van der Waals surface area contributed by atoms with Crippen molar-refractivity contribution >= 4 is 11.7 Å². The van der Waals surface area contributed by atoms with E-state index >= 15 is 0 Å². The summed E-state index contributed by atoms with van der Waals surface area (Å²) in [4.78, 5) is 21.4. The van der Waals surface area contributed by atoms with E-state index in [-0.39, 0.29) is 12.1 Å². The average Bonchev–Trinajstić information content (AvgIpc) is 2.74. The second-order valence-electron chi connectivity index (χ2n) is 4.00. The topological polar surface area (TPSA) is 98.3 Å². The minimum Gasteiger partial charge on any atom is -0.477 e. The van der Waals surface area contributed by atoms with Gasteiger partial charge in [-0.2, -0.15) is 5.10 Å². The fourth-order valence-corrected chi connectivity index (χ4v) is 1.84. The monoisotopic (exact) mass is 261 g/mol. The SMILES string of the molecule is Cc1ccnn1Cc1cccc([N+](=O)[O-])c1C(=O)O. The van der Waals surface area contributed by atoms with E-state index in [1.54, 1.807) is 23.0 Å². The van der Waals surface area contributed by atoms with Gasteiger partial charge in [0.15, 0.2) is 0 Å². The van der Waals surface area contributed by atoms with Crippen LogP contribution in [-0.2, 0) is 6.54 Å². The molecule has 98 valence electrons. The van der Waals surface area contributed by atoms with Crippen molar-refractivity contribution in [2.24, 2.45) is 0 Å². The van der Waals surface area contributed by atoms with E-state index in [2.05, 4.69) is 5.10 Å². The largest absolute Gasteiger partial charge is 0.477 e. The zero-order valence-electron chi connectivity index (χ0n) is 10.1. The molecule has 0 atom stereocenters. The molecule has 1 aromatic carbocycles. The van der Waals surface area contributed by atoms with Crippen molar-refractivity contribution in [3.63, 3.8) is 0 Å². The van der Waals surface area contributed by atoms with Crippen molar-refractivity contribution in [3.05, 3.63) is 57.4 Å². The lowest BCUT2D eigenvalue weighted by Crippen LogP contribution is -2.11. The fourth-order valence-electron chi connectivity index (χ4n) is 1.84. The van der Waals surface area contributed by atoms with Gasteiger partial charge in [0.2, 0.25) is 0 Å². The third-order valence-electron chi connectivity index (χ3n) is 2.79. The van der Waals surface area contributed by atoms with E-state index in [9.17, 15) is 14.9 Å². The zero-order valence-corrected chi connectivity index (χ0v) is 10.1. The Morgan fingerprint density at radius 2 is 2.21 bits per heavy atom. The van der Waals surface area contributed by atoms with Crippen LogP contribution < -0.4 is 0 Å². The van der Waals surface area contributed by atoms with Gasteiger partial charge in [0, 0.05) is 18.0 Å². The summed E-state index contributed by atoms with van der Waals surface area (Å²) >= 11 is 0. The quantitative estimate of drug-likeness (QED) is 0.668. The molecule has 1 heterocycles. The van der Waals surface area contributed by atoms with E-state index in [1.807, 2.05) is 6.92 Å². The van der Waals surface area contributed by atoms with Gasteiger partial charge >= 0.3 is 5.97 Å². The molecule has 7 heteroatoms. The lowest BCUT2D eigenvalue weighted by Gasteiger charge is -2.08. The first-order chi connectivity index (χ1) is 9.00. The Bertz CT molecular complexity index is 648. The van der Waals surface area contributed by atoms with Crippen LogP contribution in [0.25, 0.3) is 0 Å². The standard InChI is InChI=1S/C12H11N3O4/c1-8-5-6-13-14(8)7-9-3-2-4-10(15(18)19)11(9)12(16)17/h2-6H,7H2,1H3,(H,16,17). The summed E-state index contributed by atoms with van der Waals surface area (Å²) < 4.78 is 1.59. The van der Waals surface area contributed by atoms with E-state index in [0.29, 0.717) is 5.56 Å². The number of nitro groups is 1. The maximum atomic E-state index is 11.2. The molecule has 0 aliphatic carbocycles. The summed E-state index contributed by atoms with van der Waals surface area (Å²) in [5, 5.41) is 24.1. The van der Waals surface area contributed by atoms with Crippen LogP contribution in [0.3, 0.4) is 0 Å². The second kappa shape index (κ2) is 4.89. The summed E-state index contributed by atoms with van der Waals surface area (Å²) in [7, 11) is 0. The maximum Gasteiger partial charge on any atom is 0.343 e. The van der Waals surface area contributed by atoms with Crippen molar-refractivity contribution < 1.29 is 14.8 Å². The van der Waals surface area contributed by atoms with Crippen LogP contribution in [0.5, 0.6) is 0 Å². The van der Waals surface area contributed by atoms with Crippen LogP contribution in [0.1, 0.15) is 21.6 Å². The average molecular weight is 261 g/mol. The Balaban J connectivity index is 2.51. The first kappa shape index (κ1) is 12.7. The number of aryl methyl sites for hydroxylation is 1. The van der Waals surface area contributed by atoms with Crippen LogP contribution >= 0.6 is 0 Å². The van der Waals surface area contributed by atoms with Crippen molar-refractivity contribution in [2.75, 3.05) is 0 Å². The molecular formula is C12H11N3O4. The molecule has 0 bridgehead atoms. The van der Waals surface area contributed by atoms with Crippen molar-refractivity contribution in [2.45, 2.75) is 13.5 Å². The molecule has 1 N–H and O–H groups in total. The van der Waals surface area contributed by atoms with Gasteiger partial charge in [-0.05, 0) is 18.6 Å². The Hall–Kier alpha value is -2.70. The molecule has 0 aliphatic heterocycles. The molecule has 1 aromatic heterocycles. The molecule has 0 aliphatic rings. The lowest BCUT2D eigenvalue weighted by molar-refractivity contribution is -0.385. The molecule has 0 saturated carbocycles. The second-order valence-corrected chi connectivity index (χ2v) is 4.00. The van der Waals surface area contributed by atoms with Gasteiger partial charge in [-0.25, -0.2) is 4.79 Å². The zero-order chi connectivity index (χ0) is 14.0. The normalized spacial score (nSPS) is 10.4. The number of aromatic nitrogens is 2. The summed E-state index contributed by atoms with van der Waals surface area (Å²) in [6.07, 6.45) is 1.59. The van der Waals surface area contributed by atoms with Crippen LogP contribution in [0, 0.1) is 17.0 Å². The number of carboxylic acids is 1. The first-order valence-electron chi connectivity index (χ1n) is 5.48. The van der Waals surface area contributed by atoms with Crippen molar-refractivity contribution in [1.82, 2.24) is 9.78 Å². The smallest absolute Gasteiger partial charge is 0.343 e. The number of nitro benzene ring substituents is 1. The molecule has 19 heavy (non-hydrogen) atoms. The van der Waals surface area contributed by atoms with Crippen LogP contribution in [-0.4, -0.2) is 25.8 Å². The van der Waals surface area contributed by atoms with Gasteiger partial charge in [-0.15, -0.1) is 0 Å². The number of rotatable bonds is 4. The Morgan fingerprint density at radius 3 is 2.74 bits per heavy atom. The summed E-state index contributed by atoms with van der Waals surface area (Å²) in [6.45, 7) is 2.01. The van der Waals surface area contributed by atoms with Gasteiger partial charge in [0.25, 0.3) is 5.69 Å². The number of carbonyl (C=O) groups is 1.